The average molecular weight is 479 g/mol. The van der Waals surface area contributed by atoms with E-state index in [1.54, 1.807) is 42.5 Å². The minimum atomic E-state index is -3.96. The van der Waals surface area contributed by atoms with Gasteiger partial charge in [-0.1, -0.05) is 35.3 Å². The Hall–Kier alpha value is -3.27. The Morgan fingerprint density at radius 1 is 0.742 bits per heavy atom. The van der Waals surface area contributed by atoms with E-state index in [1.807, 2.05) is 0 Å². The smallest absolute Gasteiger partial charge is 0.307 e. The molecule has 0 unspecified atom stereocenters. The van der Waals surface area contributed by atoms with E-state index in [0.29, 0.717) is 15.7 Å². The Morgan fingerprint density at radius 2 is 1.45 bits per heavy atom. The van der Waals surface area contributed by atoms with Crippen molar-refractivity contribution < 1.29 is 18.0 Å². The summed E-state index contributed by atoms with van der Waals surface area (Å²) >= 11 is 11.6. The van der Waals surface area contributed by atoms with E-state index in [0.717, 1.165) is 0 Å². The van der Waals surface area contributed by atoms with Crippen molar-refractivity contribution in [2.24, 2.45) is 0 Å². The third-order valence-corrected chi connectivity index (χ3v) is 5.74. The topological polar surface area (TPSA) is 116 Å². The molecule has 0 atom stereocenters. The highest BCUT2D eigenvalue weighted by atomic mass is 35.5. The van der Waals surface area contributed by atoms with Crippen molar-refractivity contribution in [2.45, 2.75) is 4.90 Å². The Morgan fingerprint density at radius 3 is 2.16 bits per heavy atom. The van der Waals surface area contributed by atoms with E-state index in [9.17, 15) is 18.0 Å². The summed E-state index contributed by atoms with van der Waals surface area (Å²) < 4.78 is 27.6. The number of anilines is 2. The normalized spacial score (nSPS) is 10.8. The van der Waals surface area contributed by atoms with Crippen molar-refractivity contribution in [1.29, 1.82) is 0 Å². The number of amides is 3. The number of hydrogen-bond donors (Lipinski definition) is 4. The standard InChI is InChI=1S/C20H16Cl2N4O4S/c21-14-7-9-16(10-8-14)23-20(28)25-24-19(27)13-3-1-6-18(11-13)31(29,30)26-17-5-2-4-15(22)12-17/h1-12,26H,(H,24,27)(H2,23,25,28). The van der Waals surface area contributed by atoms with Gasteiger partial charge in [0.15, 0.2) is 0 Å². The van der Waals surface area contributed by atoms with Crippen molar-refractivity contribution in [3.8, 4) is 0 Å². The van der Waals surface area contributed by atoms with E-state index in [2.05, 4.69) is 20.9 Å². The Kier molecular flexibility index (Phi) is 7.01. The number of hydrogen-bond acceptors (Lipinski definition) is 4. The van der Waals surface area contributed by atoms with Gasteiger partial charge in [0, 0.05) is 21.3 Å². The largest absolute Gasteiger partial charge is 0.337 e. The lowest BCUT2D eigenvalue weighted by Crippen LogP contribution is -2.43. The van der Waals surface area contributed by atoms with Gasteiger partial charge in [-0.15, -0.1) is 0 Å². The number of hydrazine groups is 1. The molecule has 11 heteroatoms. The number of rotatable bonds is 5. The van der Waals surface area contributed by atoms with Gasteiger partial charge in [-0.05, 0) is 60.7 Å². The molecule has 3 aromatic carbocycles. The molecule has 3 aromatic rings. The summed E-state index contributed by atoms with van der Waals surface area (Å²) in [4.78, 5) is 24.1. The first-order chi connectivity index (χ1) is 14.7. The first-order valence-corrected chi connectivity index (χ1v) is 11.0. The summed E-state index contributed by atoms with van der Waals surface area (Å²) in [6, 6.07) is 17.2. The maximum atomic E-state index is 12.6. The molecule has 0 radical (unpaired) electrons. The first kappa shape index (κ1) is 22.4. The third-order valence-electron chi connectivity index (χ3n) is 3.88. The SMILES string of the molecule is O=C(NNC(=O)c1cccc(S(=O)(=O)Nc2cccc(Cl)c2)c1)Nc1ccc(Cl)cc1. The molecule has 0 aliphatic heterocycles. The van der Waals surface area contributed by atoms with Crippen LogP contribution in [0.1, 0.15) is 10.4 Å². The van der Waals surface area contributed by atoms with Gasteiger partial charge in [0.2, 0.25) is 0 Å². The van der Waals surface area contributed by atoms with Gasteiger partial charge in [0.05, 0.1) is 10.6 Å². The van der Waals surface area contributed by atoms with E-state index in [1.165, 1.54) is 30.3 Å². The molecule has 3 rings (SSSR count). The third kappa shape index (κ3) is 6.35. The Balaban J connectivity index is 1.64. The summed E-state index contributed by atoms with van der Waals surface area (Å²) in [5.41, 5.74) is 5.17. The van der Waals surface area contributed by atoms with Gasteiger partial charge >= 0.3 is 6.03 Å². The summed E-state index contributed by atoms with van der Waals surface area (Å²) in [6.45, 7) is 0. The van der Waals surface area contributed by atoms with Crippen molar-refractivity contribution in [1.82, 2.24) is 10.9 Å². The second kappa shape index (κ2) is 9.69. The quantitative estimate of drug-likeness (QED) is 0.409. The van der Waals surface area contributed by atoms with E-state index in [4.69, 9.17) is 23.2 Å². The molecule has 0 bridgehead atoms. The summed E-state index contributed by atoms with van der Waals surface area (Å²) in [6.07, 6.45) is 0. The maximum Gasteiger partial charge on any atom is 0.337 e. The molecule has 160 valence electrons. The zero-order valence-electron chi connectivity index (χ0n) is 15.7. The Labute approximate surface area is 188 Å². The minimum Gasteiger partial charge on any atom is -0.307 e. The maximum absolute atomic E-state index is 12.6. The molecule has 0 aliphatic rings. The van der Waals surface area contributed by atoms with Crippen LogP contribution in [-0.4, -0.2) is 20.4 Å². The summed E-state index contributed by atoms with van der Waals surface area (Å²) in [5, 5.41) is 3.39. The van der Waals surface area contributed by atoms with E-state index >= 15 is 0 Å². The number of carbonyl (C=O) groups excluding carboxylic acids is 2. The van der Waals surface area contributed by atoms with E-state index in [-0.39, 0.29) is 16.1 Å². The second-order valence-electron chi connectivity index (χ2n) is 6.18. The van der Waals surface area contributed by atoms with Crippen LogP contribution in [-0.2, 0) is 10.0 Å². The monoisotopic (exact) mass is 478 g/mol. The fraction of sp³-hybridized carbons (Fsp3) is 0. The lowest BCUT2D eigenvalue weighted by Gasteiger charge is -2.11. The molecule has 0 heterocycles. The molecule has 0 saturated carbocycles. The predicted molar refractivity (Wildman–Crippen MR) is 120 cm³/mol. The second-order valence-corrected chi connectivity index (χ2v) is 8.74. The fourth-order valence-electron chi connectivity index (χ4n) is 2.45. The summed E-state index contributed by atoms with van der Waals surface area (Å²) in [7, 11) is -3.96. The van der Waals surface area contributed by atoms with Crippen molar-refractivity contribution in [3.63, 3.8) is 0 Å². The van der Waals surface area contributed by atoms with Gasteiger partial charge in [-0.3, -0.25) is 14.9 Å². The van der Waals surface area contributed by atoms with Crippen LogP contribution in [0.2, 0.25) is 10.0 Å². The molecule has 3 amide bonds. The fourth-order valence-corrected chi connectivity index (χ4v) is 3.86. The lowest BCUT2D eigenvalue weighted by atomic mass is 10.2. The number of urea groups is 1. The van der Waals surface area contributed by atoms with Crippen molar-refractivity contribution in [3.05, 3.63) is 88.4 Å². The van der Waals surface area contributed by atoms with Gasteiger partial charge in [-0.25, -0.2) is 18.6 Å². The molecular weight excluding hydrogens is 463 g/mol. The summed E-state index contributed by atoms with van der Waals surface area (Å²) in [5.74, 6) is -0.703. The highest BCUT2D eigenvalue weighted by molar-refractivity contribution is 7.92. The molecule has 0 fully saturated rings. The molecule has 0 spiro atoms. The number of benzene rings is 3. The molecule has 0 saturated heterocycles. The van der Waals surface area contributed by atoms with E-state index < -0.39 is 22.0 Å². The molecular formula is C20H16Cl2N4O4S. The van der Waals surface area contributed by atoms with Gasteiger partial charge in [0.1, 0.15) is 0 Å². The zero-order valence-corrected chi connectivity index (χ0v) is 18.1. The first-order valence-electron chi connectivity index (χ1n) is 8.74. The highest BCUT2D eigenvalue weighted by Crippen LogP contribution is 2.20. The molecule has 0 aromatic heterocycles. The van der Waals surface area contributed by atoms with Crippen LogP contribution in [0.4, 0.5) is 16.2 Å². The van der Waals surface area contributed by atoms with Crippen molar-refractivity contribution >= 4 is 56.5 Å². The van der Waals surface area contributed by atoms with Crippen LogP contribution in [0.25, 0.3) is 0 Å². The zero-order chi connectivity index (χ0) is 22.4. The predicted octanol–water partition coefficient (Wildman–Crippen LogP) is 4.26. The Bertz CT molecular complexity index is 1220. The number of nitrogens with one attached hydrogen (secondary N) is 4. The number of halogens is 2. The van der Waals surface area contributed by atoms with Gasteiger partial charge in [-0.2, -0.15) is 0 Å². The van der Waals surface area contributed by atoms with Crippen molar-refractivity contribution in [2.75, 3.05) is 10.0 Å². The van der Waals surface area contributed by atoms with Crippen LogP contribution in [0.5, 0.6) is 0 Å². The molecule has 8 nitrogen and oxygen atoms in total. The minimum absolute atomic E-state index is 0.0285. The lowest BCUT2D eigenvalue weighted by molar-refractivity contribution is 0.0937. The van der Waals surface area contributed by atoms with Gasteiger partial charge in [0.25, 0.3) is 15.9 Å². The van der Waals surface area contributed by atoms with Crippen LogP contribution in [0, 0.1) is 0 Å². The molecule has 0 aliphatic carbocycles. The molecule has 31 heavy (non-hydrogen) atoms. The van der Waals surface area contributed by atoms with Gasteiger partial charge < -0.3 is 5.32 Å². The van der Waals surface area contributed by atoms with Crippen LogP contribution in [0.3, 0.4) is 0 Å². The van der Waals surface area contributed by atoms with Crippen LogP contribution < -0.4 is 20.9 Å². The number of carbonyl (C=O) groups is 2. The van der Waals surface area contributed by atoms with Crippen LogP contribution >= 0.6 is 23.2 Å². The number of sulfonamides is 1. The highest BCUT2D eigenvalue weighted by Gasteiger charge is 2.17. The average Bonchev–Trinajstić information content (AvgIpc) is 2.73. The molecule has 4 N–H and O–H groups in total. The van der Waals surface area contributed by atoms with Crippen LogP contribution in [0.15, 0.2) is 77.7 Å².